The summed E-state index contributed by atoms with van der Waals surface area (Å²) in [6, 6.07) is 8.50. The van der Waals surface area contributed by atoms with Crippen LogP contribution < -0.4 is 5.32 Å². The van der Waals surface area contributed by atoms with E-state index < -0.39 is 0 Å². The number of hydrogen-bond acceptors (Lipinski definition) is 2. The third-order valence-corrected chi connectivity index (χ3v) is 4.14. The van der Waals surface area contributed by atoms with Crippen molar-refractivity contribution in [3.05, 3.63) is 35.4 Å². The van der Waals surface area contributed by atoms with Gasteiger partial charge in [-0.05, 0) is 11.1 Å². The lowest BCUT2D eigenvalue weighted by Gasteiger charge is -2.42. The third kappa shape index (κ3) is 2.49. The van der Waals surface area contributed by atoms with Crippen LogP contribution in [-0.2, 0) is 16.8 Å². The Morgan fingerprint density at radius 3 is 2.63 bits per heavy atom. The van der Waals surface area contributed by atoms with E-state index in [1.165, 1.54) is 11.1 Å². The molecule has 1 aromatic rings. The van der Waals surface area contributed by atoms with Crippen LogP contribution >= 0.6 is 12.4 Å². The molecule has 0 bridgehead atoms. The predicted molar refractivity (Wildman–Crippen MR) is 78.5 cm³/mol. The van der Waals surface area contributed by atoms with E-state index in [0.29, 0.717) is 5.91 Å². The molecule has 2 aliphatic heterocycles. The number of carbonyl (C=O) groups excluding carboxylic acids is 1. The number of fused-ring (bicyclic) bond motifs is 1. The van der Waals surface area contributed by atoms with Crippen molar-refractivity contribution in [2.75, 3.05) is 19.6 Å². The summed E-state index contributed by atoms with van der Waals surface area (Å²) in [5.41, 5.74) is 2.75. The van der Waals surface area contributed by atoms with Crippen LogP contribution in [0.25, 0.3) is 0 Å². The molecule has 0 aromatic heterocycles. The van der Waals surface area contributed by atoms with E-state index >= 15 is 0 Å². The number of amides is 1. The summed E-state index contributed by atoms with van der Waals surface area (Å²) < 4.78 is 0. The number of hydrogen-bond donors (Lipinski definition) is 1. The third-order valence-electron chi connectivity index (χ3n) is 4.14. The molecule has 1 saturated heterocycles. The van der Waals surface area contributed by atoms with Gasteiger partial charge in [0.05, 0.1) is 5.92 Å². The molecule has 1 fully saturated rings. The summed E-state index contributed by atoms with van der Waals surface area (Å²) >= 11 is 0. The van der Waals surface area contributed by atoms with E-state index in [9.17, 15) is 4.79 Å². The van der Waals surface area contributed by atoms with Crippen LogP contribution in [0.3, 0.4) is 0 Å². The highest BCUT2D eigenvalue weighted by Gasteiger charge is 2.37. The van der Waals surface area contributed by atoms with E-state index in [4.69, 9.17) is 0 Å². The molecule has 4 heteroatoms. The maximum absolute atomic E-state index is 12.4. The van der Waals surface area contributed by atoms with Crippen molar-refractivity contribution in [2.24, 2.45) is 5.92 Å². The van der Waals surface area contributed by atoms with E-state index in [0.717, 1.165) is 26.2 Å². The standard InChI is InChI=1S/C15H20N2O.ClH/c1-15(2)10-17(14(18)12-7-16-8-12)9-11-5-3-4-6-13(11)15;/h3-6,12,16H,7-10H2,1-2H3;1H. The molecular formula is C15H21ClN2O. The zero-order valence-electron chi connectivity index (χ0n) is 11.5. The molecule has 3 nitrogen and oxygen atoms in total. The Morgan fingerprint density at radius 1 is 1.32 bits per heavy atom. The molecule has 1 amide bonds. The van der Waals surface area contributed by atoms with Crippen molar-refractivity contribution < 1.29 is 4.79 Å². The zero-order chi connectivity index (χ0) is 12.8. The minimum atomic E-state index is 0. The minimum Gasteiger partial charge on any atom is -0.337 e. The molecule has 0 spiro atoms. The zero-order valence-corrected chi connectivity index (χ0v) is 12.3. The SMILES string of the molecule is CC1(C)CN(C(=O)C2CNC2)Cc2ccccc21.Cl. The van der Waals surface area contributed by atoms with Gasteiger partial charge in [0.2, 0.25) is 5.91 Å². The number of rotatable bonds is 1. The number of nitrogens with one attached hydrogen (secondary N) is 1. The average Bonchev–Trinajstić information content (AvgIpc) is 2.25. The van der Waals surface area contributed by atoms with Crippen molar-refractivity contribution in [3.8, 4) is 0 Å². The van der Waals surface area contributed by atoms with Gasteiger partial charge < -0.3 is 10.2 Å². The quantitative estimate of drug-likeness (QED) is 0.853. The highest BCUT2D eigenvalue weighted by molar-refractivity contribution is 5.85. The summed E-state index contributed by atoms with van der Waals surface area (Å²) in [5.74, 6) is 0.516. The molecule has 2 aliphatic rings. The Morgan fingerprint density at radius 2 is 2.00 bits per heavy atom. The van der Waals surface area contributed by atoms with E-state index in [1.54, 1.807) is 0 Å². The van der Waals surface area contributed by atoms with Gasteiger partial charge in [-0.3, -0.25) is 4.79 Å². The summed E-state index contributed by atoms with van der Waals surface area (Å²) in [6.07, 6.45) is 0. The largest absolute Gasteiger partial charge is 0.337 e. The molecule has 3 rings (SSSR count). The molecule has 1 aromatic carbocycles. The van der Waals surface area contributed by atoms with Crippen molar-refractivity contribution in [1.29, 1.82) is 0 Å². The lowest BCUT2D eigenvalue weighted by molar-refractivity contribution is -0.139. The van der Waals surface area contributed by atoms with Crippen LogP contribution in [0.1, 0.15) is 25.0 Å². The van der Waals surface area contributed by atoms with E-state index in [1.807, 2.05) is 4.90 Å². The van der Waals surface area contributed by atoms with Gasteiger partial charge >= 0.3 is 0 Å². The molecule has 0 unspecified atom stereocenters. The van der Waals surface area contributed by atoms with Crippen molar-refractivity contribution in [1.82, 2.24) is 10.2 Å². The first kappa shape index (κ1) is 14.4. The molecule has 0 saturated carbocycles. The molecule has 19 heavy (non-hydrogen) atoms. The molecule has 0 aliphatic carbocycles. The fourth-order valence-electron chi connectivity index (χ4n) is 3.02. The van der Waals surface area contributed by atoms with Gasteiger partial charge in [-0.15, -0.1) is 12.4 Å². The van der Waals surface area contributed by atoms with E-state index in [2.05, 4.69) is 43.4 Å². The summed E-state index contributed by atoms with van der Waals surface area (Å²) in [4.78, 5) is 14.4. The second-order valence-electron chi connectivity index (χ2n) is 6.09. The first-order chi connectivity index (χ1) is 8.58. The molecular weight excluding hydrogens is 260 g/mol. The Bertz CT molecular complexity index is 483. The van der Waals surface area contributed by atoms with Gasteiger partial charge in [0, 0.05) is 31.6 Å². The summed E-state index contributed by atoms with van der Waals surface area (Å²) in [7, 11) is 0. The Balaban J connectivity index is 0.00000133. The lowest BCUT2D eigenvalue weighted by atomic mass is 9.78. The van der Waals surface area contributed by atoms with Gasteiger partial charge in [-0.1, -0.05) is 38.1 Å². The van der Waals surface area contributed by atoms with Crippen LogP contribution in [0.15, 0.2) is 24.3 Å². The number of halogens is 1. The number of carbonyl (C=O) groups is 1. The van der Waals surface area contributed by atoms with Gasteiger partial charge in [-0.25, -0.2) is 0 Å². The van der Waals surface area contributed by atoms with Gasteiger partial charge in [-0.2, -0.15) is 0 Å². The maximum Gasteiger partial charge on any atom is 0.228 e. The molecule has 0 atom stereocenters. The van der Waals surface area contributed by atoms with Crippen molar-refractivity contribution >= 4 is 18.3 Å². The van der Waals surface area contributed by atoms with Gasteiger partial charge in [0.15, 0.2) is 0 Å². The highest BCUT2D eigenvalue weighted by atomic mass is 35.5. The first-order valence-electron chi connectivity index (χ1n) is 6.66. The molecule has 0 radical (unpaired) electrons. The number of benzene rings is 1. The molecule has 2 heterocycles. The second kappa shape index (κ2) is 5.14. The molecule has 1 N–H and O–H groups in total. The summed E-state index contributed by atoms with van der Waals surface area (Å²) in [6.45, 7) is 7.75. The van der Waals surface area contributed by atoms with Crippen LogP contribution in [0, 0.1) is 5.92 Å². The average molecular weight is 281 g/mol. The topological polar surface area (TPSA) is 32.3 Å². The van der Waals surface area contributed by atoms with Crippen molar-refractivity contribution in [3.63, 3.8) is 0 Å². The first-order valence-corrected chi connectivity index (χ1v) is 6.66. The van der Waals surface area contributed by atoms with Crippen LogP contribution in [0.5, 0.6) is 0 Å². The minimum absolute atomic E-state index is 0. The fraction of sp³-hybridized carbons (Fsp3) is 0.533. The Labute approximate surface area is 120 Å². The van der Waals surface area contributed by atoms with Gasteiger partial charge in [0.25, 0.3) is 0 Å². The monoisotopic (exact) mass is 280 g/mol. The number of nitrogens with zero attached hydrogens (tertiary/aromatic N) is 1. The Hall–Kier alpha value is -1.06. The smallest absolute Gasteiger partial charge is 0.228 e. The normalized spacial score (nSPS) is 21.1. The van der Waals surface area contributed by atoms with Crippen LogP contribution in [0.4, 0.5) is 0 Å². The Kier molecular flexibility index (Phi) is 3.88. The molecule has 104 valence electrons. The predicted octanol–water partition coefficient (Wildman–Crippen LogP) is 1.95. The second-order valence-corrected chi connectivity index (χ2v) is 6.09. The maximum atomic E-state index is 12.4. The van der Waals surface area contributed by atoms with Gasteiger partial charge in [0.1, 0.15) is 0 Å². The lowest BCUT2D eigenvalue weighted by Crippen LogP contribution is -2.55. The van der Waals surface area contributed by atoms with E-state index in [-0.39, 0.29) is 23.7 Å². The van der Waals surface area contributed by atoms with Crippen LogP contribution in [0.2, 0.25) is 0 Å². The highest BCUT2D eigenvalue weighted by Crippen LogP contribution is 2.33. The fourth-order valence-corrected chi connectivity index (χ4v) is 3.02. The van der Waals surface area contributed by atoms with Crippen molar-refractivity contribution in [2.45, 2.75) is 25.8 Å². The summed E-state index contributed by atoms with van der Waals surface area (Å²) in [5, 5.41) is 3.17. The van der Waals surface area contributed by atoms with Crippen LogP contribution in [-0.4, -0.2) is 30.4 Å².